The van der Waals surface area contributed by atoms with Crippen molar-refractivity contribution in [3.63, 3.8) is 0 Å². The second kappa shape index (κ2) is 6.24. The molecule has 3 rings (SSSR count). The van der Waals surface area contributed by atoms with Gasteiger partial charge in [0.15, 0.2) is 0 Å². The molecular weight excluding hydrogens is 320 g/mol. The van der Waals surface area contributed by atoms with E-state index in [9.17, 15) is 9.59 Å². The number of carbonyl (C=O) groups excluding carboxylic acids is 2. The summed E-state index contributed by atoms with van der Waals surface area (Å²) in [6.45, 7) is 7.21. The van der Waals surface area contributed by atoms with Gasteiger partial charge in [-0.1, -0.05) is 12.1 Å². The zero-order valence-electron chi connectivity index (χ0n) is 15.4. The van der Waals surface area contributed by atoms with Gasteiger partial charge in [0.2, 0.25) is 0 Å². The Balaban J connectivity index is 1.66. The van der Waals surface area contributed by atoms with E-state index < -0.39 is 11.1 Å². The van der Waals surface area contributed by atoms with E-state index in [1.165, 1.54) is 0 Å². The van der Waals surface area contributed by atoms with Crippen LogP contribution in [0.3, 0.4) is 0 Å². The number of benzene rings is 1. The first-order valence-electron chi connectivity index (χ1n) is 8.68. The first kappa shape index (κ1) is 17.6. The molecule has 0 aliphatic carbocycles. The highest BCUT2D eigenvalue weighted by Gasteiger charge is 2.60. The molecule has 0 N–H and O–H groups in total. The molecule has 1 unspecified atom stereocenters. The number of ether oxygens (including phenoxy) is 2. The molecule has 2 heterocycles. The van der Waals surface area contributed by atoms with Gasteiger partial charge >= 0.3 is 6.09 Å². The first-order valence-corrected chi connectivity index (χ1v) is 8.68. The Morgan fingerprint density at radius 1 is 1.24 bits per heavy atom. The third-order valence-corrected chi connectivity index (χ3v) is 4.77. The largest absolute Gasteiger partial charge is 0.497 e. The highest BCUT2D eigenvalue weighted by atomic mass is 16.6. The van der Waals surface area contributed by atoms with E-state index in [4.69, 9.17) is 9.47 Å². The van der Waals surface area contributed by atoms with E-state index in [0.29, 0.717) is 26.1 Å². The molecule has 0 saturated carbocycles. The lowest BCUT2D eigenvalue weighted by molar-refractivity contribution is -0.161. The van der Waals surface area contributed by atoms with Gasteiger partial charge in [-0.25, -0.2) is 4.79 Å². The second-order valence-corrected chi connectivity index (χ2v) is 7.78. The van der Waals surface area contributed by atoms with Crippen LogP contribution in [0.25, 0.3) is 0 Å². The Labute approximate surface area is 148 Å². The molecule has 0 aromatic heterocycles. The van der Waals surface area contributed by atoms with Crippen molar-refractivity contribution in [2.45, 2.75) is 51.3 Å². The van der Waals surface area contributed by atoms with Crippen LogP contribution in [0, 0.1) is 0 Å². The average Bonchev–Trinajstić information content (AvgIpc) is 3.00. The molecule has 25 heavy (non-hydrogen) atoms. The zero-order valence-corrected chi connectivity index (χ0v) is 15.4. The minimum atomic E-state index is -0.700. The molecule has 1 aromatic carbocycles. The Morgan fingerprint density at radius 2 is 1.92 bits per heavy atom. The summed E-state index contributed by atoms with van der Waals surface area (Å²) in [4.78, 5) is 28.7. The number of hydrogen-bond donors (Lipinski definition) is 0. The highest BCUT2D eigenvalue weighted by molar-refractivity contribution is 5.96. The quantitative estimate of drug-likeness (QED) is 0.790. The number of likely N-dealkylation sites (tertiary alicyclic amines) is 2. The summed E-state index contributed by atoms with van der Waals surface area (Å²) >= 11 is 0. The van der Waals surface area contributed by atoms with Crippen LogP contribution in [-0.2, 0) is 16.1 Å². The average molecular weight is 346 g/mol. The standard InChI is InChI=1S/C19H26N2O4/c1-18(2,3)25-17(23)21-11-5-10-19(21)13-20(16(19)22)12-14-6-8-15(24-4)9-7-14/h6-9H,5,10-13H2,1-4H3. The van der Waals surface area contributed by atoms with Gasteiger partial charge < -0.3 is 14.4 Å². The molecule has 2 aliphatic heterocycles. The Kier molecular flexibility index (Phi) is 4.39. The van der Waals surface area contributed by atoms with Crippen LogP contribution in [-0.4, -0.2) is 53.1 Å². The summed E-state index contributed by atoms with van der Waals surface area (Å²) in [7, 11) is 1.63. The minimum absolute atomic E-state index is 0.0201. The number of nitrogens with zero attached hydrogens (tertiary/aromatic N) is 2. The van der Waals surface area contributed by atoms with Gasteiger partial charge in [-0.15, -0.1) is 0 Å². The number of β-lactam (4-membered cyclic amide) rings is 1. The van der Waals surface area contributed by atoms with Crippen molar-refractivity contribution in [2.24, 2.45) is 0 Å². The molecule has 2 aliphatic rings. The molecule has 6 heteroatoms. The number of carbonyl (C=O) groups is 2. The molecule has 0 radical (unpaired) electrons. The predicted molar refractivity (Wildman–Crippen MR) is 93.3 cm³/mol. The lowest BCUT2D eigenvalue weighted by Crippen LogP contribution is -2.72. The Bertz CT molecular complexity index is 665. The topological polar surface area (TPSA) is 59.1 Å². The lowest BCUT2D eigenvalue weighted by Gasteiger charge is -2.51. The van der Waals surface area contributed by atoms with Crippen molar-refractivity contribution < 1.29 is 19.1 Å². The second-order valence-electron chi connectivity index (χ2n) is 7.78. The molecule has 1 aromatic rings. The summed E-state index contributed by atoms with van der Waals surface area (Å²) in [6.07, 6.45) is 1.16. The molecule has 1 atom stereocenters. The summed E-state index contributed by atoms with van der Waals surface area (Å²) in [6, 6.07) is 7.69. The van der Waals surface area contributed by atoms with E-state index in [-0.39, 0.29) is 12.0 Å². The van der Waals surface area contributed by atoms with Crippen molar-refractivity contribution in [1.82, 2.24) is 9.80 Å². The molecule has 136 valence electrons. The van der Waals surface area contributed by atoms with Crippen molar-refractivity contribution in [1.29, 1.82) is 0 Å². The summed E-state index contributed by atoms with van der Waals surface area (Å²) in [5.41, 5.74) is -0.212. The van der Waals surface area contributed by atoms with Crippen LogP contribution in [0.5, 0.6) is 5.75 Å². The van der Waals surface area contributed by atoms with E-state index in [1.54, 1.807) is 16.9 Å². The van der Waals surface area contributed by atoms with Crippen LogP contribution in [0.4, 0.5) is 4.79 Å². The van der Waals surface area contributed by atoms with Crippen molar-refractivity contribution in [2.75, 3.05) is 20.2 Å². The third kappa shape index (κ3) is 3.30. The van der Waals surface area contributed by atoms with Crippen LogP contribution in [0.15, 0.2) is 24.3 Å². The monoisotopic (exact) mass is 346 g/mol. The molecule has 2 saturated heterocycles. The lowest BCUT2D eigenvalue weighted by atomic mass is 9.85. The van der Waals surface area contributed by atoms with Gasteiger partial charge in [0.1, 0.15) is 16.9 Å². The molecule has 0 bridgehead atoms. The summed E-state index contributed by atoms with van der Waals surface area (Å²) in [5.74, 6) is 0.814. The van der Waals surface area contributed by atoms with Gasteiger partial charge in [-0.3, -0.25) is 9.69 Å². The fourth-order valence-corrected chi connectivity index (χ4v) is 3.59. The van der Waals surface area contributed by atoms with Gasteiger partial charge in [-0.05, 0) is 51.3 Å². The summed E-state index contributed by atoms with van der Waals surface area (Å²) < 4.78 is 10.6. The van der Waals surface area contributed by atoms with Gasteiger partial charge in [-0.2, -0.15) is 0 Å². The third-order valence-electron chi connectivity index (χ3n) is 4.77. The Morgan fingerprint density at radius 3 is 2.48 bits per heavy atom. The maximum atomic E-state index is 12.8. The van der Waals surface area contributed by atoms with Gasteiger partial charge in [0.05, 0.1) is 13.7 Å². The number of methoxy groups -OCH3 is 1. The maximum Gasteiger partial charge on any atom is 0.411 e. The fraction of sp³-hybridized carbons (Fsp3) is 0.579. The van der Waals surface area contributed by atoms with Crippen molar-refractivity contribution in [3.05, 3.63) is 29.8 Å². The molecular formula is C19H26N2O4. The zero-order chi connectivity index (χ0) is 18.2. The van der Waals surface area contributed by atoms with E-state index >= 15 is 0 Å². The molecule has 6 nitrogen and oxygen atoms in total. The van der Waals surface area contributed by atoms with Crippen molar-refractivity contribution in [3.8, 4) is 5.75 Å². The van der Waals surface area contributed by atoms with E-state index in [1.807, 2.05) is 45.0 Å². The normalized spacial score (nSPS) is 23.0. The van der Waals surface area contributed by atoms with Crippen LogP contribution in [0.2, 0.25) is 0 Å². The first-order chi connectivity index (χ1) is 11.7. The SMILES string of the molecule is COc1ccc(CN2CC3(CCCN3C(=O)OC(C)(C)C)C2=O)cc1. The van der Waals surface area contributed by atoms with E-state index in [2.05, 4.69) is 0 Å². The van der Waals surface area contributed by atoms with Crippen LogP contribution < -0.4 is 4.74 Å². The molecule has 1 spiro atoms. The van der Waals surface area contributed by atoms with Crippen molar-refractivity contribution >= 4 is 12.0 Å². The highest BCUT2D eigenvalue weighted by Crippen LogP contribution is 2.40. The van der Waals surface area contributed by atoms with Crippen LogP contribution >= 0.6 is 0 Å². The van der Waals surface area contributed by atoms with Gasteiger partial charge in [0.25, 0.3) is 5.91 Å². The van der Waals surface area contributed by atoms with E-state index in [0.717, 1.165) is 17.7 Å². The fourth-order valence-electron chi connectivity index (χ4n) is 3.59. The van der Waals surface area contributed by atoms with Gasteiger partial charge in [0, 0.05) is 13.1 Å². The smallest absolute Gasteiger partial charge is 0.411 e. The molecule has 2 amide bonds. The number of amides is 2. The minimum Gasteiger partial charge on any atom is -0.497 e. The van der Waals surface area contributed by atoms with Crippen LogP contribution in [0.1, 0.15) is 39.2 Å². The summed E-state index contributed by atoms with van der Waals surface area (Å²) in [5, 5.41) is 0. The number of hydrogen-bond acceptors (Lipinski definition) is 4. The Hall–Kier alpha value is -2.24. The maximum absolute atomic E-state index is 12.8. The number of rotatable bonds is 3. The predicted octanol–water partition coefficient (Wildman–Crippen LogP) is 2.81. The molecule has 2 fully saturated rings.